The van der Waals surface area contributed by atoms with E-state index in [1.165, 1.54) is 37.3 Å². The fourth-order valence-corrected chi connectivity index (χ4v) is 3.90. The first-order valence-corrected chi connectivity index (χ1v) is 9.98. The number of benzene rings is 1. The molecule has 0 aliphatic carbocycles. The number of rotatable bonds is 8. The van der Waals surface area contributed by atoms with E-state index in [0.717, 1.165) is 11.3 Å². The Hall–Kier alpha value is -2.76. The minimum Gasteiger partial charge on any atom is -0.452 e. The van der Waals surface area contributed by atoms with E-state index < -0.39 is 40.5 Å². The van der Waals surface area contributed by atoms with Gasteiger partial charge in [0.25, 0.3) is 15.9 Å². The molecule has 1 heterocycles. The first-order valence-electron chi connectivity index (χ1n) is 7.62. The highest BCUT2D eigenvalue weighted by Gasteiger charge is 2.21. The normalized spacial score (nSPS) is 12.2. The predicted molar refractivity (Wildman–Crippen MR) is 98.7 cm³/mol. The number of hydrogen-bond acceptors (Lipinski definition) is 7. The molecule has 0 bridgehead atoms. The van der Waals surface area contributed by atoms with E-state index in [0.29, 0.717) is 5.69 Å². The number of nitrogens with two attached hydrogens (primary N) is 1. The van der Waals surface area contributed by atoms with Crippen LogP contribution < -0.4 is 15.8 Å². The number of hydrogen-bond donors (Lipinski definition) is 3. The lowest BCUT2D eigenvalue weighted by Crippen LogP contribution is -2.35. The van der Waals surface area contributed by atoms with Gasteiger partial charge in [0, 0.05) is 11.3 Å². The highest BCUT2D eigenvalue weighted by molar-refractivity contribution is 7.91. The van der Waals surface area contributed by atoms with E-state index >= 15 is 0 Å². The number of primary amides is 1. The fraction of sp³-hybridized carbons (Fsp3) is 0.188. The largest absolute Gasteiger partial charge is 0.452 e. The molecule has 1 atom stereocenters. The Morgan fingerprint density at radius 2 is 1.85 bits per heavy atom. The Balaban J connectivity index is 1.84. The van der Waals surface area contributed by atoms with Crippen molar-refractivity contribution in [1.29, 1.82) is 0 Å². The molecule has 2 amide bonds. The first kappa shape index (κ1) is 20.6. The number of esters is 1. The van der Waals surface area contributed by atoms with Crippen molar-refractivity contribution in [3.05, 3.63) is 47.3 Å². The summed E-state index contributed by atoms with van der Waals surface area (Å²) in [7, 11) is -3.80. The Bertz CT molecular complexity index is 924. The molecular formula is C16H17N3O6S2. The fourth-order valence-electron chi connectivity index (χ4n) is 1.90. The summed E-state index contributed by atoms with van der Waals surface area (Å²) in [5.74, 6) is -2.11. The topological polar surface area (TPSA) is 145 Å². The van der Waals surface area contributed by atoms with E-state index in [2.05, 4.69) is 10.0 Å². The summed E-state index contributed by atoms with van der Waals surface area (Å²) in [6, 6.07) is 8.79. The number of nitrogens with one attached hydrogen (secondary N) is 2. The maximum Gasteiger partial charge on any atom is 0.321 e. The van der Waals surface area contributed by atoms with Gasteiger partial charge in [-0.15, -0.1) is 11.3 Å². The van der Waals surface area contributed by atoms with Gasteiger partial charge in [-0.2, -0.15) is 4.72 Å². The van der Waals surface area contributed by atoms with Crippen LogP contribution in [0.15, 0.2) is 46.0 Å². The van der Waals surface area contributed by atoms with Gasteiger partial charge in [0.15, 0.2) is 6.10 Å². The average molecular weight is 411 g/mol. The van der Waals surface area contributed by atoms with Gasteiger partial charge >= 0.3 is 5.97 Å². The van der Waals surface area contributed by atoms with Crippen LogP contribution in [0.3, 0.4) is 0 Å². The number of sulfonamides is 1. The van der Waals surface area contributed by atoms with Crippen LogP contribution >= 0.6 is 11.3 Å². The van der Waals surface area contributed by atoms with Gasteiger partial charge in [-0.3, -0.25) is 14.4 Å². The maximum atomic E-state index is 12.0. The van der Waals surface area contributed by atoms with Crippen LogP contribution in [0.2, 0.25) is 0 Å². The van der Waals surface area contributed by atoms with Crippen LogP contribution in [0, 0.1) is 0 Å². The molecule has 4 N–H and O–H groups in total. The van der Waals surface area contributed by atoms with Crippen LogP contribution in [0.1, 0.15) is 17.3 Å². The lowest BCUT2D eigenvalue weighted by atomic mass is 10.2. The molecule has 11 heteroatoms. The summed E-state index contributed by atoms with van der Waals surface area (Å²) in [6.45, 7) is 0.740. The molecule has 0 spiro atoms. The average Bonchev–Trinajstić information content (AvgIpc) is 3.16. The summed E-state index contributed by atoms with van der Waals surface area (Å²) in [5, 5.41) is 4.10. The van der Waals surface area contributed by atoms with E-state index in [-0.39, 0.29) is 9.77 Å². The van der Waals surface area contributed by atoms with Crippen molar-refractivity contribution >= 4 is 44.8 Å². The quantitative estimate of drug-likeness (QED) is 0.545. The second-order valence-corrected chi connectivity index (χ2v) is 8.26. The number of carbonyl (C=O) groups is 3. The SMILES string of the molecule is CC(OC(=O)CNS(=O)(=O)c1cccs1)C(=O)Nc1ccc(C(N)=O)cc1. The molecular weight excluding hydrogens is 394 g/mol. The first-order chi connectivity index (χ1) is 12.7. The summed E-state index contributed by atoms with van der Waals surface area (Å²) in [4.78, 5) is 34.8. The smallest absolute Gasteiger partial charge is 0.321 e. The molecule has 1 aromatic carbocycles. The van der Waals surface area contributed by atoms with E-state index in [9.17, 15) is 22.8 Å². The third-order valence-corrected chi connectivity index (χ3v) is 6.08. The molecule has 1 aromatic heterocycles. The molecule has 0 aliphatic heterocycles. The van der Waals surface area contributed by atoms with Crippen LogP contribution in [-0.2, 0) is 24.3 Å². The van der Waals surface area contributed by atoms with Crippen molar-refractivity contribution in [2.24, 2.45) is 5.73 Å². The van der Waals surface area contributed by atoms with Crippen molar-refractivity contribution in [1.82, 2.24) is 4.72 Å². The van der Waals surface area contributed by atoms with Crippen molar-refractivity contribution in [2.75, 3.05) is 11.9 Å². The number of thiophene rings is 1. The minimum absolute atomic E-state index is 0.0699. The van der Waals surface area contributed by atoms with Crippen LogP contribution in [0.25, 0.3) is 0 Å². The highest BCUT2D eigenvalue weighted by Crippen LogP contribution is 2.15. The van der Waals surface area contributed by atoms with Gasteiger partial charge < -0.3 is 15.8 Å². The van der Waals surface area contributed by atoms with Crippen molar-refractivity contribution in [2.45, 2.75) is 17.2 Å². The number of ether oxygens (including phenoxy) is 1. The molecule has 9 nitrogen and oxygen atoms in total. The minimum atomic E-state index is -3.80. The lowest BCUT2D eigenvalue weighted by Gasteiger charge is -2.14. The zero-order chi connectivity index (χ0) is 20.0. The molecule has 27 heavy (non-hydrogen) atoms. The summed E-state index contributed by atoms with van der Waals surface area (Å²) >= 11 is 1.01. The predicted octanol–water partition coefficient (Wildman–Crippen LogP) is 0.696. The Morgan fingerprint density at radius 3 is 2.41 bits per heavy atom. The molecule has 0 fully saturated rings. The van der Waals surface area contributed by atoms with Gasteiger partial charge in [0.1, 0.15) is 10.8 Å². The summed E-state index contributed by atoms with van der Waals surface area (Å²) in [5.41, 5.74) is 5.79. The number of carbonyl (C=O) groups excluding carboxylic acids is 3. The van der Waals surface area contributed by atoms with Crippen LogP contribution in [0.4, 0.5) is 5.69 Å². The van der Waals surface area contributed by atoms with Crippen molar-refractivity contribution in [3.63, 3.8) is 0 Å². The molecule has 0 saturated heterocycles. The van der Waals surface area contributed by atoms with Gasteiger partial charge in [-0.1, -0.05) is 6.07 Å². The van der Waals surface area contributed by atoms with E-state index in [4.69, 9.17) is 10.5 Å². The molecule has 0 radical (unpaired) electrons. The van der Waals surface area contributed by atoms with Gasteiger partial charge in [-0.05, 0) is 42.6 Å². The maximum absolute atomic E-state index is 12.0. The molecule has 2 aromatic rings. The van der Waals surface area contributed by atoms with E-state index in [1.54, 1.807) is 11.4 Å². The van der Waals surface area contributed by atoms with Crippen molar-refractivity contribution < 1.29 is 27.5 Å². The monoisotopic (exact) mass is 411 g/mol. The molecule has 0 aliphatic rings. The molecule has 0 saturated carbocycles. The van der Waals surface area contributed by atoms with E-state index in [1.807, 2.05) is 0 Å². The van der Waals surface area contributed by atoms with Gasteiger partial charge in [0.2, 0.25) is 5.91 Å². The Kier molecular flexibility index (Phi) is 6.66. The van der Waals surface area contributed by atoms with Gasteiger partial charge in [-0.25, -0.2) is 8.42 Å². The molecule has 2 rings (SSSR count). The second kappa shape index (κ2) is 8.75. The number of anilines is 1. The highest BCUT2D eigenvalue weighted by atomic mass is 32.2. The van der Waals surface area contributed by atoms with Crippen molar-refractivity contribution in [3.8, 4) is 0 Å². The van der Waals surface area contributed by atoms with Crippen LogP contribution in [-0.4, -0.2) is 38.9 Å². The Morgan fingerprint density at radius 1 is 1.19 bits per heavy atom. The third-order valence-electron chi connectivity index (χ3n) is 3.28. The second-order valence-electron chi connectivity index (χ2n) is 5.32. The standard InChI is InChI=1S/C16H17N3O6S2/c1-10(16(22)19-12-6-4-11(5-7-12)15(17)21)25-13(20)9-18-27(23,24)14-3-2-8-26-14/h2-8,10,18H,9H2,1H3,(H2,17,21)(H,19,22). The van der Waals surface area contributed by atoms with Gasteiger partial charge in [0.05, 0.1) is 0 Å². The zero-order valence-corrected chi connectivity index (χ0v) is 15.8. The summed E-state index contributed by atoms with van der Waals surface area (Å²) in [6.07, 6.45) is -1.15. The summed E-state index contributed by atoms with van der Waals surface area (Å²) < 4.78 is 30.9. The third kappa shape index (κ3) is 5.88. The molecule has 144 valence electrons. The number of amides is 2. The zero-order valence-electron chi connectivity index (χ0n) is 14.2. The Labute approximate surface area is 159 Å². The molecule has 1 unspecified atom stereocenters. The van der Waals surface area contributed by atoms with Crippen LogP contribution in [0.5, 0.6) is 0 Å². The lowest BCUT2D eigenvalue weighted by molar-refractivity contribution is -0.151.